The molecular formula is C20H18N2O6S2. The van der Waals surface area contributed by atoms with E-state index in [1.807, 2.05) is 31.2 Å². The third-order valence-electron chi connectivity index (χ3n) is 4.34. The van der Waals surface area contributed by atoms with Crippen molar-refractivity contribution in [2.75, 3.05) is 6.61 Å². The van der Waals surface area contributed by atoms with Crippen LogP contribution in [0.25, 0.3) is 17.0 Å². The lowest BCUT2D eigenvalue weighted by molar-refractivity contribution is -0.146. The number of hydrogen-bond acceptors (Lipinski definition) is 7. The molecule has 10 heteroatoms. The number of amides is 1. The van der Waals surface area contributed by atoms with Crippen LogP contribution in [0.2, 0.25) is 0 Å². The second-order valence-corrected chi connectivity index (χ2v) is 8.01. The lowest BCUT2D eigenvalue weighted by Gasteiger charge is -2.22. The van der Waals surface area contributed by atoms with Gasteiger partial charge in [0, 0.05) is 11.8 Å². The van der Waals surface area contributed by atoms with E-state index < -0.39 is 23.9 Å². The summed E-state index contributed by atoms with van der Waals surface area (Å²) in [5.74, 6) is -2.41. The van der Waals surface area contributed by atoms with Crippen molar-refractivity contribution in [1.29, 1.82) is 0 Å². The summed E-state index contributed by atoms with van der Waals surface area (Å²) in [5, 5.41) is 19.2. The van der Waals surface area contributed by atoms with Crippen LogP contribution in [-0.4, -0.2) is 54.9 Å². The van der Waals surface area contributed by atoms with E-state index in [0.717, 1.165) is 22.0 Å². The molecule has 2 N–H and O–H groups in total. The van der Waals surface area contributed by atoms with Crippen LogP contribution in [0.15, 0.2) is 35.2 Å². The van der Waals surface area contributed by atoms with Crippen LogP contribution < -0.4 is 4.74 Å². The molecule has 8 nitrogen and oxygen atoms in total. The lowest BCUT2D eigenvalue weighted by Crippen LogP contribution is -2.44. The summed E-state index contributed by atoms with van der Waals surface area (Å²) in [6.07, 6.45) is 0.910. The van der Waals surface area contributed by atoms with Gasteiger partial charge in [0.1, 0.15) is 21.6 Å². The van der Waals surface area contributed by atoms with Crippen molar-refractivity contribution in [3.63, 3.8) is 0 Å². The number of aromatic nitrogens is 1. The number of carboxylic acids is 2. The number of carbonyl (C=O) groups is 3. The largest absolute Gasteiger partial charge is 0.492 e. The van der Waals surface area contributed by atoms with Crippen LogP contribution in [0, 0.1) is 0 Å². The summed E-state index contributed by atoms with van der Waals surface area (Å²) in [5.41, 5.74) is 1.14. The highest BCUT2D eigenvalue weighted by atomic mass is 32.2. The molecule has 0 aliphatic carbocycles. The normalized spacial score (nSPS) is 16.3. The molecule has 0 bridgehead atoms. The zero-order valence-corrected chi connectivity index (χ0v) is 17.5. The molecule has 30 heavy (non-hydrogen) atoms. The number of thiocarbonyl (C=S) groups is 1. The maximum atomic E-state index is 12.8. The van der Waals surface area contributed by atoms with Crippen molar-refractivity contribution >= 4 is 63.1 Å². The number of fused-ring (bicyclic) bond motifs is 1. The van der Waals surface area contributed by atoms with Crippen LogP contribution in [0.4, 0.5) is 0 Å². The number of nitrogens with zero attached hydrogens (tertiary/aromatic N) is 2. The van der Waals surface area contributed by atoms with Crippen molar-refractivity contribution < 1.29 is 29.3 Å². The third kappa shape index (κ3) is 4.60. The molecule has 1 amide bonds. The SMILES string of the molecule is CCOc1cccc2ccc(/C=C3/SC(=S)N(C(CCC(=O)O)C(=O)O)C3=O)nc12. The number of para-hydroxylation sites is 1. The molecular weight excluding hydrogens is 428 g/mol. The minimum Gasteiger partial charge on any atom is -0.492 e. The number of carboxylic acid groups (broad SMARTS) is 2. The molecule has 0 spiro atoms. The Kier molecular flexibility index (Phi) is 6.68. The predicted octanol–water partition coefficient (Wildman–Crippen LogP) is 3.15. The van der Waals surface area contributed by atoms with E-state index in [-0.39, 0.29) is 22.1 Å². The van der Waals surface area contributed by atoms with Crippen molar-refractivity contribution in [2.45, 2.75) is 25.8 Å². The Bertz CT molecular complexity index is 1070. The number of aliphatic carboxylic acids is 2. The standard InChI is InChI=1S/C20H18N2O6S2/c1-2-28-14-5-3-4-11-6-7-12(21-17(11)14)10-15-18(25)22(20(29)30-15)13(19(26)27)8-9-16(23)24/h3-7,10,13H,2,8-9H2,1H3,(H,23,24)(H,26,27)/b15-10+. The second-order valence-electron chi connectivity index (χ2n) is 6.34. The smallest absolute Gasteiger partial charge is 0.326 e. The average molecular weight is 447 g/mol. The number of carbonyl (C=O) groups excluding carboxylic acids is 1. The number of ether oxygens (including phenoxy) is 1. The summed E-state index contributed by atoms with van der Waals surface area (Å²) in [4.78, 5) is 41.0. The van der Waals surface area contributed by atoms with Gasteiger partial charge in [-0.3, -0.25) is 14.5 Å². The Labute approximate surface area is 181 Å². The molecule has 1 saturated heterocycles. The van der Waals surface area contributed by atoms with Gasteiger partial charge in [-0.2, -0.15) is 0 Å². The lowest BCUT2D eigenvalue weighted by atomic mass is 10.1. The first-order valence-electron chi connectivity index (χ1n) is 9.06. The minimum absolute atomic E-state index is 0.0693. The fourth-order valence-electron chi connectivity index (χ4n) is 2.99. The van der Waals surface area contributed by atoms with Gasteiger partial charge in [0.2, 0.25) is 0 Å². The average Bonchev–Trinajstić information content (AvgIpc) is 2.96. The molecule has 2 aromatic rings. The maximum absolute atomic E-state index is 12.8. The number of pyridine rings is 1. The van der Waals surface area contributed by atoms with E-state index in [1.54, 1.807) is 6.07 Å². The maximum Gasteiger partial charge on any atom is 0.326 e. The van der Waals surface area contributed by atoms with Gasteiger partial charge in [-0.1, -0.05) is 42.2 Å². The van der Waals surface area contributed by atoms with Crippen molar-refractivity contribution in [3.8, 4) is 5.75 Å². The molecule has 1 fully saturated rings. The molecule has 1 aromatic carbocycles. The highest BCUT2D eigenvalue weighted by Gasteiger charge is 2.40. The van der Waals surface area contributed by atoms with Crippen LogP contribution in [0.3, 0.4) is 0 Å². The van der Waals surface area contributed by atoms with E-state index in [2.05, 4.69) is 4.98 Å². The first kappa shape index (κ1) is 21.7. The summed E-state index contributed by atoms with van der Waals surface area (Å²) in [6.45, 7) is 2.36. The van der Waals surface area contributed by atoms with E-state index in [0.29, 0.717) is 23.6 Å². The van der Waals surface area contributed by atoms with Crippen LogP contribution >= 0.6 is 24.0 Å². The molecule has 3 rings (SSSR count). The van der Waals surface area contributed by atoms with Crippen LogP contribution in [-0.2, 0) is 14.4 Å². The van der Waals surface area contributed by atoms with E-state index in [9.17, 15) is 19.5 Å². The highest BCUT2D eigenvalue weighted by Crippen LogP contribution is 2.35. The molecule has 1 aromatic heterocycles. The molecule has 156 valence electrons. The van der Waals surface area contributed by atoms with E-state index in [1.165, 1.54) is 6.08 Å². The summed E-state index contributed by atoms with van der Waals surface area (Å²) < 4.78 is 5.68. The van der Waals surface area contributed by atoms with Crippen LogP contribution in [0.5, 0.6) is 5.75 Å². The monoisotopic (exact) mass is 446 g/mol. The van der Waals surface area contributed by atoms with E-state index in [4.69, 9.17) is 22.1 Å². The fraction of sp³-hybridized carbons (Fsp3) is 0.250. The van der Waals surface area contributed by atoms with Crippen molar-refractivity contribution in [2.24, 2.45) is 0 Å². The molecule has 1 atom stereocenters. The van der Waals surface area contributed by atoms with Gasteiger partial charge in [-0.15, -0.1) is 0 Å². The fourth-order valence-corrected chi connectivity index (χ4v) is 4.33. The number of benzene rings is 1. The number of hydrogen-bond donors (Lipinski definition) is 2. The van der Waals surface area contributed by atoms with E-state index >= 15 is 0 Å². The minimum atomic E-state index is -1.34. The Morgan fingerprint density at radius 1 is 1.30 bits per heavy atom. The number of rotatable bonds is 8. The molecule has 1 unspecified atom stereocenters. The third-order valence-corrected chi connectivity index (χ3v) is 5.67. The van der Waals surface area contributed by atoms with Gasteiger partial charge in [-0.05, 0) is 31.6 Å². The van der Waals surface area contributed by atoms with Crippen molar-refractivity contribution in [1.82, 2.24) is 9.88 Å². The molecule has 0 saturated carbocycles. The summed E-state index contributed by atoms with van der Waals surface area (Å²) in [7, 11) is 0. The Balaban J connectivity index is 1.92. The summed E-state index contributed by atoms with van der Waals surface area (Å²) in [6, 6.07) is 7.82. The molecule has 0 radical (unpaired) electrons. The van der Waals surface area contributed by atoms with Gasteiger partial charge in [0.05, 0.1) is 17.2 Å². The molecule has 1 aliphatic rings. The predicted molar refractivity (Wildman–Crippen MR) is 116 cm³/mol. The second kappa shape index (κ2) is 9.23. The van der Waals surface area contributed by atoms with Crippen molar-refractivity contribution in [3.05, 3.63) is 40.9 Å². The molecule has 1 aliphatic heterocycles. The Morgan fingerprint density at radius 2 is 2.07 bits per heavy atom. The zero-order valence-electron chi connectivity index (χ0n) is 15.9. The molecule has 2 heterocycles. The Hall–Kier alpha value is -2.98. The van der Waals surface area contributed by atoms with Crippen LogP contribution in [0.1, 0.15) is 25.5 Å². The first-order chi connectivity index (χ1) is 14.3. The number of thioether (sulfide) groups is 1. The van der Waals surface area contributed by atoms with Gasteiger partial charge in [-0.25, -0.2) is 9.78 Å². The topological polar surface area (TPSA) is 117 Å². The highest BCUT2D eigenvalue weighted by molar-refractivity contribution is 8.26. The summed E-state index contributed by atoms with van der Waals surface area (Å²) >= 11 is 6.16. The van der Waals surface area contributed by atoms with Gasteiger partial charge in [0.25, 0.3) is 5.91 Å². The Morgan fingerprint density at radius 3 is 2.73 bits per heavy atom. The zero-order chi connectivity index (χ0) is 21.8. The van der Waals surface area contributed by atoms with Gasteiger partial charge in [0.15, 0.2) is 0 Å². The van der Waals surface area contributed by atoms with Gasteiger partial charge >= 0.3 is 11.9 Å². The first-order valence-corrected chi connectivity index (χ1v) is 10.3. The van der Waals surface area contributed by atoms with Gasteiger partial charge < -0.3 is 14.9 Å². The quantitative estimate of drug-likeness (QED) is 0.466.